The standard InChI is InChI=1S/C48H89NO4/c1-3-5-7-9-11-13-15-17-19-21-22-23-24-25-26-27-29-30-32-34-36-38-40-42-46(51)45(44-50)49-48(53)47(52)43-41-39-37-35-33-31-28-20-18-16-14-12-10-8-6-4-2/h12,14,18,20,32,34,40,42,45-47,50-52H,3-11,13,15-17,19,21-31,33,35-39,41,43-44H2,1-2H3,(H,49,53)/b14-12-,20-18-,34-32+,42-40+. The van der Waals surface area contributed by atoms with E-state index in [0.717, 1.165) is 51.4 Å². The Morgan fingerprint density at radius 1 is 0.472 bits per heavy atom. The van der Waals surface area contributed by atoms with Gasteiger partial charge in [-0.1, -0.05) is 210 Å². The molecule has 3 atom stereocenters. The molecule has 0 aromatic carbocycles. The molecule has 0 aliphatic heterocycles. The van der Waals surface area contributed by atoms with E-state index in [9.17, 15) is 20.1 Å². The van der Waals surface area contributed by atoms with Gasteiger partial charge in [0, 0.05) is 0 Å². The van der Waals surface area contributed by atoms with Gasteiger partial charge in [-0.2, -0.15) is 0 Å². The summed E-state index contributed by atoms with van der Waals surface area (Å²) >= 11 is 0. The highest BCUT2D eigenvalue weighted by Gasteiger charge is 2.22. The van der Waals surface area contributed by atoms with Crippen LogP contribution in [0.1, 0.15) is 226 Å². The summed E-state index contributed by atoms with van der Waals surface area (Å²) in [5, 5.41) is 33.1. The van der Waals surface area contributed by atoms with Gasteiger partial charge in [0.05, 0.1) is 18.8 Å². The molecule has 1 amide bonds. The minimum absolute atomic E-state index is 0.381. The topological polar surface area (TPSA) is 89.8 Å². The summed E-state index contributed by atoms with van der Waals surface area (Å²) < 4.78 is 0. The average molecular weight is 744 g/mol. The second kappa shape index (κ2) is 43.0. The molecule has 0 saturated carbocycles. The van der Waals surface area contributed by atoms with Crippen LogP contribution in [0.15, 0.2) is 48.6 Å². The van der Waals surface area contributed by atoms with E-state index < -0.39 is 24.2 Å². The van der Waals surface area contributed by atoms with E-state index in [2.05, 4.69) is 55.6 Å². The number of hydrogen-bond donors (Lipinski definition) is 4. The van der Waals surface area contributed by atoms with Crippen molar-refractivity contribution in [1.82, 2.24) is 5.32 Å². The van der Waals surface area contributed by atoms with Crippen LogP contribution < -0.4 is 5.32 Å². The van der Waals surface area contributed by atoms with Gasteiger partial charge in [-0.05, 0) is 64.2 Å². The molecule has 5 heteroatoms. The molecule has 53 heavy (non-hydrogen) atoms. The van der Waals surface area contributed by atoms with E-state index in [0.29, 0.717) is 6.42 Å². The fourth-order valence-electron chi connectivity index (χ4n) is 6.76. The summed E-state index contributed by atoms with van der Waals surface area (Å²) in [7, 11) is 0. The number of amides is 1. The van der Waals surface area contributed by atoms with Crippen LogP contribution >= 0.6 is 0 Å². The molecule has 5 nitrogen and oxygen atoms in total. The summed E-state index contributed by atoms with van der Waals surface area (Å²) in [6.45, 7) is 4.14. The summed E-state index contributed by atoms with van der Waals surface area (Å²) in [6.07, 6.45) is 55.8. The van der Waals surface area contributed by atoms with Crippen molar-refractivity contribution in [2.45, 2.75) is 244 Å². The molecule has 0 spiro atoms. The number of hydrogen-bond acceptors (Lipinski definition) is 4. The smallest absolute Gasteiger partial charge is 0.249 e. The third-order valence-corrected chi connectivity index (χ3v) is 10.4. The van der Waals surface area contributed by atoms with Crippen LogP contribution in [0.2, 0.25) is 0 Å². The Morgan fingerprint density at radius 2 is 0.830 bits per heavy atom. The minimum atomic E-state index is -1.12. The third kappa shape index (κ3) is 38.4. The lowest BCUT2D eigenvalue weighted by molar-refractivity contribution is -0.131. The van der Waals surface area contributed by atoms with E-state index in [1.165, 1.54) is 154 Å². The molecule has 0 bridgehead atoms. The Kier molecular flexibility index (Phi) is 41.7. The normalized spacial score (nSPS) is 14.0. The molecule has 0 fully saturated rings. The van der Waals surface area contributed by atoms with Crippen LogP contribution in [-0.2, 0) is 4.79 Å². The Labute approximate surface area is 329 Å². The highest BCUT2D eigenvalue weighted by Crippen LogP contribution is 2.15. The number of nitrogens with one attached hydrogen (secondary N) is 1. The summed E-state index contributed by atoms with van der Waals surface area (Å²) in [4.78, 5) is 12.5. The molecule has 0 aliphatic rings. The van der Waals surface area contributed by atoms with Crippen molar-refractivity contribution in [1.29, 1.82) is 0 Å². The minimum Gasteiger partial charge on any atom is -0.394 e. The van der Waals surface area contributed by atoms with Crippen molar-refractivity contribution < 1.29 is 20.1 Å². The lowest BCUT2D eigenvalue weighted by Gasteiger charge is -2.21. The van der Waals surface area contributed by atoms with Gasteiger partial charge in [-0.25, -0.2) is 0 Å². The molecule has 0 heterocycles. The maximum atomic E-state index is 12.5. The third-order valence-electron chi connectivity index (χ3n) is 10.4. The fraction of sp³-hybridized carbons (Fsp3) is 0.812. The van der Waals surface area contributed by atoms with Gasteiger partial charge in [0.25, 0.3) is 0 Å². The van der Waals surface area contributed by atoms with Gasteiger partial charge < -0.3 is 20.6 Å². The molecule has 0 rings (SSSR count). The fourth-order valence-corrected chi connectivity index (χ4v) is 6.76. The van der Waals surface area contributed by atoms with E-state index in [-0.39, 0.29) is 6.61 Å². The zero-order valence-electron chi connectivity index (χ0n) is 35.1. The lowest BCUT2D eigenvalue weighted by atomic mass is 10.0. The predicted octanol–water partition coefficient (Wildman–Crippen LogP) is 13.3. The molecule has 4 N–H and O–H groups in total. The summed E-state index contributed by atoms with van der Waals surface area (Å²) in [5.74, 6) is -0.522. The largest absolute Gasteiger partial charge is 0.394 e. The molecule has 0 aromatic rings. The first-order chi connectivity index (χ1) is 26.1. The van der Waals surface area contributed by atoms with Crippen LogP contribution in [0.4, 0.5) is 0 Å². The van der Waals surface area contributed by atoms with Crippen LogP contribution in [0.25, 0.3) is 0 Å². The Bertz CT molecular complexity index is 866. The van der Waals surface area contributed by atoms with E-state index >= 15 is 0 Å². The van der Waals surface area contributed by atoms with Crippen LogP contribution in [0.3, 0.4) is 0 Å². The Balaban J connectivity index is 3.71. The van der Waals surface area contributed by atoms with Crippen molar-refractivity contribution in [3.8, 4) is 0 Å². The molecule has 3 unspecified atom stereocenters. The maximum Gasteiger partial charge on any atom is 0.249 e. The first-order valence-corrected chi connectivity index (χ1v) is 23.0. The van der Waals surface area contributed by atoms with Crippen molar-refractivity contribution in [2.75, 3.05) is 6.61 Å². The van der Waals surface area contributed by atoms with E-state index in [4.69, 9.17) is 0 Å². The first-order valence-electron chi connectivity index (χ1n) is 23.0. The van der Waals surface area contributed by atoms with Crippen LogP contribution in [0.5, 0.6) is 0 Å². The zero-order valence-corrected chi connectivity index (χ0v) is 35.1. The number of aliphatic hydroxyl groups is 3. The molecule has 0 aliphatic carbocycles. The molecule has 0 radical (unpaired) electrons. The SMILES string of the molecule is CCCCC/C=C\C/C=C\CCCCCCCCC(O)C(=O)NC(CO)C(O)/C=C/CC/C=C/CCCCCCCCCCCCCCCCCCC. The molecule has 0 saturated heterocycles. The number of unbranched alkanes of at least 4 members (excludes halogenated alkanes) is 27. The second-order valence-corrected chi connectivity index (χ2v) is 15.6. The molecular weight excluding hydrogens is 655 g/mol. The Morgan fingerprint density at radius 3 is 1.30 bits per heavy atom. The highest BCUT2D eigenvalue weighted by atomic mass is 16.3. The number of carbonyl (C=O) groups excluding carboxylic acids is 1. The van der Waals surface area contributed by atoms with Gasteiger partial charge >= 0.3 is 0 Å². The number of carbonyl (C=O) groups is 1. The second-order valence-electron chi connectivity index (χ2n) is 15.6. The van der Waals surface area contributed by atoms with Gasteiger partial charge in [0.15, 0.2) is 0 Å². The monoisotopic (exact) mass is 744 g/mol. The quantitative estimate of drug-likeness (QED) is 0.0371. The predicted molar refractivity (Wildman–Crippen MR) is 231 cm³/mol. The van der Waals surface area contributed by atoms with Crippen molar-refractivity contribution >= 4 is 5.91 Å². The molecule has 0 aromatic heterocycles. The van der Waals surface area contributed by atoms with Crippen molar-refractivity contribution in [3.05, 3.63) is 48.6 Å². The Hall–Kier alpha value is -1.69. The van der Waals surface area contributed by atoms with Gasteiger partial charge in [0.2, 0.25) is 5.91 Å². The summed E-state index contributed by atoms with van der Waals surface area (Å²) in [5.41, 5.74) is 0. The highest BCUT2D eigenvalue weighted by molar-refractivity contribution is 5.80. The number of rotatable bonds is 41. The average Bonchev–Trinajstić information content (AvgIpc) is 3.16. The number of allylic oxidation sites excluding steroid dienone is 7. The maximum absolute atomic E-state index is 12.5. The van der Waals surface area contributed by atoms with Crippen molar-refractivity contribution in [3.63, 3.8) is 0 Å². The van der Waals surface area contributed by atoms with Crippen molar-refractivity contribution in [2.24, 2.45) is 0 Å². The van der Waals surface area contributed by atoms with Gasteiger partial charge in [-0.3, -0.25) is 4.79 Å². The lowest BCUT2D eigenvalue weighted by Crippen LogP contribution is -2.48. The van der Waals surface area contributed by atoms with Crippen LogP contribution in [-0.4, -0.2) is 46.1 Å². The van der Waals surface area contributed by atoms with Crippen LogP contribution in [0, 0.1) is 0 Å². The first kappa shape index (κ1) is 51.3. The summed E-state index contributed by atoms with van der Waals surface area (Å²) in [6, 6.07) is -0.820. The molecule has 310 valence electrons. The zero-order chi connectivity index (χ0) is 38.7. The number of aliphatic hydroxyl groups excluding tert-OH is 3. The van der Waals surface area contributed by atoms with E-state index in [1.54, 1.807) is 6.08 Å². The van der Waals surface area contributed by atoms with Gasteiger partial charge in [0.1, 0.15) is 6.10 Å². The van der Waals surface area contributed by atoms with Gasteiger partial charge in [-0.15, -0.1) is 0 Å². The molecular formula is C48H89NO4. The van der Waals surface area contributed by atoms with E-state index in [1.807, 2.05) is 6.08 Å².